The quantitative estimate of drug-likeness (QED) is 0.467. The van der Waals surface area contributed by atoms with Crippen molar-refractivity contribution in [3.63, 3.8) is 0 Å². The van der Waals surface area contributed by atoms with Gasteiger partial charge in [-0.1, -0.05) is 0 Å². The van der Waals surface area contributed by atoms with Crippen molar-refractivity contribution in [3.8, 4) is 0 Å². The van der Waals surface area contributed by atoms with Crippen LogP contribution in [0.15, 0.2) is 0 Å². The molecule has 3 nitrogen and oxygen atoms in total. The van der Waals surface area contributed by atoms with Crippen LogP contribution >= 0.6 is 11.6 Å². The van der Waals surface area contributed by atoms with Crippen molar-refractivity contribution in [1.29, 1.82) is 0 Å². The summed E-state index contributed by atoms with van der Waals surface area (Å²) < 4.78 is 11.9. The van der Waals surface area contributed by atoms with E-state index in [9.17, 15) is 14.0 Å². The molecule has 0 saturated heterocycles. The molecule has 52 valence electrons. The molecule has 0 aromatic rings. The zero-order chi connectivity index (χ0) is 7.44. The van der Waals surface area contributed by atoms with Gasteiger partial charge in [0.15, 0.2) is 17.8 Å². The predicted octanol–water partition coefficient (Wildman–Crippen LogP) is 0.215. The van der Waals surface area contributed by atoms with Crippen LogP contribution in [0.2, 0.25) is 0 Å². The van der Waals surface area contributed by atoms with E-state index < -0.39 is 17.5 Å². The number of aliphatic carboxylic acids is 1. The molecule has 0 fully saturated rings. The standard InChI is InChI=1S/C4H4ClFO3/c5-3(4(8)9)2(6)1-7/h1-3H,(H,8,9). The van der Waals surface area contributed by atoms with Crippen molar-refractivity contribution in [2.24, 2.45) is 0 Å². The van der Waals surface area contributed by atoms with Crippen molar-refractivity contribution >= 4 is 23.9 Å². The van der Waals surface area contributed by atoms with Crippen LogP contribution in [0.4, 0.5) is 4.39 Å². The van der Waals surface area contributed by atoms with Gasteiger partial charge in [-0.05, 0) is 0 Å². The maximum Gasteiger partial charge on any atom is 0.325 e. The molecule has 9 heavy (non-hydrogen) atoms. The van der Waals surface area contributed by atoms with E-state index in [4.69, 9.17) is 16.7 Å². The van der Waals surface area contributed by atoms with Crippen molar-refractivity contribution in [2.45, 2.75) is 11.5 Å². The number of halogens is 2. The SMILES string of the molecule is O=CC(F)C(Cl)C(=O)O. The normalized spacial score (nSPS) is 16.2. The van der Waals surface area contributed by atoms with E-state index >= 15 is 0 Å². The van der Waals surface area contributed by atoms with E-state index in [1.54, 1.807) is 0 Å². The lowest BCUT2D eigenvalue weighted by Crippen LogP contribution is -2.26. The second-order valence-electron chi connectivity index (χ2n) is 1.32. The molecule has 0 saturated carbocycles. The molecule has 0 radical (unpaired) electrons. The molecule has 0 amide bonds. The lowest BCUT2D eigenvalue weighted by molar-refractivity contribution is -0.139. The molecule has 0 bridgehead atoms. The van der Waals surface area contributed by atoms with Gasteiger partial charge in [-0.2, -0.15) is 0 Å². The second-order valence-corrected chi connectivity index (χ2v) is 1.79. The number of alkyl halides is 2. The molecule has 1 N–H and O–H groups in total. The molecule has 0 aliphatic heterocycles. The van der Waals surface area contributed by atoms with E-state index in [1.165, 1.54) is 0 Å². The first-order valence-electron chi connectivity index (χ1n) is 2.06. The molecule has 5 heteroatoms. The molecular formula is C4H4ClFO3. The van der Waals surface area contributed by atoms with E-state index in [-0.39, 0.29) is 6.29 Å². The number of carboxylic acids is 1. The molecule has 0 spiro atoms. The number of carboxylic acid groups (broad SMARTS) is 1. The maximum atomic E-state index is 11.9. The summed E-state index contributed by atoms with van der Waals surface area (Å²) in [6, 6.07) is 0. The molecule has 0 aliphatic carbocycles. The lowest BCUT2D eigenvalue weighted by atomic mass is 10.3. The second kappa shape index (κ2) is 3.40. The number of carbonyl (C=O) groups excluding carboxylic acids is 1. The monoisotopic (exact) mass is 154 g/mol. The van der Waals surface area contributed by atoms with Crippen LogP contribution in [0, 0.1) is 0 Å². The summed E-state index contributed by atoms with van der Waals surface area (Å²) in [5.74, 6) is -1.53. The van der Waals surface area contributed by atoms with Gasteiger partial charge in [-0.15, -0.1) is 11.6 Å². The fourth-order valence-corrected chi connectivity index (χ4v) is 0.265. The van der Waals surface area contributed by atoms with Crippen molar-refractivity contribution in [3.05, 3.63) is 0 Å². The van der Waals surface area contributed by atoms with Gasteiger partial charge in [-0.25, -0.2) is 4.39 Å². The van der Waals surface area contributed by atoms with Gasteiger partial charge in [0.25, 0.3) is 0 Å². The highest BCUT2D eigenvalue weighted by molar-refractivity contribution is 6.31. The molecule has 0 aromatic heterocycles. The van der Waals surface area contributed by atoms with Crippen LogP contribution in [0.3, 0.4) is 0 Å². The van der Waals surface area contributed by atoms with Crippen LogP contribution in [0.5, 0.6) is 0 Å². The predicted molar refractivity (Wildman–Crippen MR) is 28.2 cm³/mol. The van der Waals surface area contributed by atoms with Crippen LogP contribution in [-0.4, -0.2) is 28.9 Å². The Morgan fingerprint density at radius 2 is 2.22 bits per heavy atom. The summed E-state index contributed by atoms with van der Waals surface area (Å²) in [5, 5.41) is 6.19. The van der Waals surface area contributed by atoms with Crippen molar-refractivity contribution < 1.29 is 19.1 Å². The third-order valence-electron chi connectivity index (χ3n) is 0.645. The van der Waals surface area contributed by atoms with Gasteiger partial charge in [0.2, 0.25) is 0 Å². The highest BCUT2D eigenvalue weighted by Crippen LogP contribution is 2.03. The van der Waals surface area contributed by atoms with Gasteiger partial charge < -0.3 is 9.90 Å². The number of hydrogen-bond donors (Lipinski definition) is 1. The molecule has 0 aromatic carbocycles. The molecule has 0 aliphatic rings. The maximum absolute atomic E-state index is 11.9. The number of aldehydes is 1. The average Bonchev–Trinajstić information content (AvgIpc) is 1.84. The summed E-state index contributed by atoms with van der Waals surface area (Å²) in [5.41, 5.74) is 0. The van der Waals surface area contributed by atoms with Crippen LogP contribution in [0.25, 0.3) is 0 Å². The van der Waals surface area contributed by atoms with E-state index in [0.717, 1.165) is 0 Å². The third-order valence-corrected chi connectivity index (χ3v) is 1.07. The van der Waals surface area contributed by atoms with Gasteiger partial charge in [0.1, 0.15) is 0 Å². The smallest absolute Gasteiger partial charge is 0.325 e. The minimum atomic E-state index is -2.12. The largest absolute Gasteiger partial charge is 0.480 e. The van der Waals surface area contributed by atoms with Gasteiger partial charge in [0.05, 0.1) is 0 Å². The number of rotatable bonds is 3. The molecule has 2 unspecified atom stereocenters. The van der Waals surface area contributed by atoms with E-state index in [2.05, 4.69) is 0 Å². The Morgan fingerprint density at radius 1 is 1.78 bits per heavy atom. The summed E-state index contributed by atoms with van der Waals surface area (Å²) in [7, 11) is 0. The minimum Gasteiger partial charge on any atom is -0.480 e. The molecule has 2 atom stereocenters. The zero-order valence-corrected chi connectivity index (χ0v) is 5.01. The van der Waals surface area contributed by atoms with Gasteiger partial charge in [-0.3, -0.25) is 4.79 Å². The topological polar surface area (TPSA) is 54.4 Å². The Hall–Kier alpha value is -0.640. The van der Waals surface area contributed by atoms with Crippen LogP contribution in [-0.2, 0) is 9.59 Å². The van der Waals surface area contributed by atoms with Gasteiger partial charge in [0, 0.05) is 0 Å². The van der Waals surface area contributed by atoms with E-state index in [0.29, 0.717) is 0 Å². The van der Waals surface area contributed by atoms with Gasteiger partial charge >= 0.3 is 5.97 Å². The third kappa shape index (κ3) is 2.41. The summed E-state index contributed by atoms with van der Waals surface area (Å²) in [6.07, 6.45) is -2.27. The summed E-state index contributed by atoms with van der Waals surface area (Å²) >= 11 is 4.86. The van der Waals surface area contributed by atoms with Crippen molar-refractivity contribution in [1.82, 2.24) is 0 Å². The molecule has 0 rings (SSSR count). The highest BCUT2D eigenvalue weighted by Gasteiger charge is 2.24. The average molecular weight is 155 g/mol. The summed E-state index contributed by atoms with van der Waals surface area (Å²) in [4.78, 5) is 19.3. The fraction of sp³-hybridized carbons (Fsp3) is 0.500. The zero-order valence-electron chi connectivity index (χ0n) is 4.25. The van der Waals surface area contributed by atoms with Crippen LogP contribution < -0.4 is 0 Å². The Morgan fingerprint density at radius 3 is 2.33 bits per heavy atom. The fourth-order valence-electron chi connectivity index (χ4n) is 0.205. The minimum absolute atomic E-state index is 0.147. The molecule has 0 heterocycles. The van der Waals surface area contributed by atoms with Crippen LogP contribution in [0.1, 0.15) is 0 Å². The number of hydrogen-bond acceptors (Lipinski definition) is 2. The number of carbonyl (C=O) groups is 2. The Balaban J connectivity index is 3.86. The summed E-state index contributed by atoms with van der Waals surface area (Å²) in [6.45, 7) is 0. The Labute approximate surface area is 55.4 Å². The Bertz CT molecular complexity index is 127. The Kier molecular flexibility index (Phi) is 3.16. The highest BCUT2D eigenvalue weighted by atomic mass is 35.5. The van der Waals surface area contributed by atoms with Crippen molar-refractivity contribution in [2.75, 3.05) is 0 Å². The molecular weight excluding hydrogens is 150 g/mol. The first-order valence-corrected chi connectivity index (χ1v) is 2.49. The lowest BCUT2D eigenvalue weighted by Gasteiger charge is -2.00. The van der Waals surface area contributed by atoms with E-state index in [1.807, 2.05) is 0 Å². The first kappa shape index (κ1) is 8.36. The first-order chi connectivity index (χ1) is 4.09.